The highest BCUT2D eigenvalue weighted by molar-refractivity contribution is 5.74. The molecule has 0 aliphatic carbocycles. The van der Waals surface area contributed by atoms with Crippen molar-refractivity contribution in [1.29, 1.82) is 0 Å². The van der Waals surface area contributed by atoms with Gasteiger partial charge in [0.05, 0.1) is 20.6 Å². The van der Waals surface area contributed by atoms with Gasteiger partial charge in [-0.3, -0.25) is 24.0 Å². The summed E-state index contributed by atoms with van der Waals surface area (Å²) >= 11 is 0. The van der Waals surface area contributed by atoms with Gasteiger partial charge in [-0.1, -0.05) is 0 Å². The third-order valence-corrected chi connectivity index (χ3v) is 5.57. The molecule has 0 spiro atoms. The number of benzene rings is 1. The van der Waals surface area contributed by atoms with Crippen LogP contribution < -0.4 is 4.90 Å². The molecule has 37 heavy (non-hydrogen) atoms. The minimum Gasteiger partial charge on any atom is -0.462 e. The number of nitrogens with zero attached hydrogens (tertiary/aromatic N) is 1. The SMILES string of the molecule is CC(=O)OC[C@@H](OC(C)=O)[C@@H](OC(C)=O)[C@H](OC(C)=O)[C@@H]1CN(C(C)=O)[C@@H](c2ccc([NH+](C)C)cc2)O1. The fourth-order valence-corrected chi connectivity index (χ4v) is 3.99. The number of hydrogen-bond acceptors (Lipinski definition) is 10. The van der Waals surface area contributed by atoms with Crippen molar-refractivity contribution in [2.24, 2.45) is 0 Å². The van der Waals surface area contributed by atoms with Crippen molar-refractivity contribution in [2.75, 3.05) is 27.2 Å². The maximum atomic E-state index is 12.5. The van der Waals surface area contributed by atoms with Gasteiger partial charge in [-0.25, -0.2) is 0 Å². The molecular weight excluding hydrogens is 488 g/mol. The van der Waals surface area contributed by atoms with E-state index in [0.717, 1.165) is 38.3 Å². The monoisotopic (exact) mass is 523 g/mol. The predicted molar refractivity (Wildman–Crippen MR) is 127 cm³/mol. The fourth-order valence-electron chi connectivity index (χ4n) is 3.99. The highest BCUT2D eigenvalue weighted by Gasteiger charge is 2.48. The Kier molecular flexibility index (Phi) is 10.6. The number of ether oxygens (including phenoxy) is 5. The van der Waals surface area contributed by atoms with Crippen LogP contribution in [0.3, 0.4) is 0 Å². The Morgan fingerprint density at radius 3 is 1.92 bits per heavy atom. The van der Waals surface area contributed by atoms with Crippen molar-refractivity contribution in [3.8, 4) is 0 Å². The average molecular weight is 524 g/mol. The molecule has 1 aromatic rings. The molecule has 0 unspecified atom stereocenters. The second kappa shape index (κ2) is 13.2. The van der Waals surface area contributed by atoms with Gasteiger partial charge in [0.1, 0.15) is 18.4 Å². The zero-order valence-electron chi connectivity index (χ0n) is 22.1. The summed E-state index contributed by atoms with van der Waals surface area (Å²) in [6.45, 7) is 5.47. The molecule has 1 aliphatic heterocycles. The first-order chi connectivity index (χ1) is 17.3. The third-order valence-electron chi connectivity index (χ3n) is 5.57. The number of hydrogen-bond donors (Lipinski definition) is 1. The number of rotatable bonds is 10. The van der Waals surface area contributed by atoms with Crippen molar-refractivity contribution < 1.29 is 52.6 Å². The van der Waals surface area contributed by atoms with E-state index < -0.39 is 61.1 Å². The maximum absolute atomic E-state index is 12.5. The van der Waals surface area contributed by atoms with Gasteiger partial charge in [0.25, 0.3) is 0 Å². The summed E-state index contributed by atoms with van der Waals surface area (Å²) in [5, 5.41) is 0. The highest BCUT2D eigenvalue weighted by atomic mass is 16.6. The van der Waals surface area contributed by atoms with Crippen molar-refractivity contribution in [2.45, 2.75) is 65.3 Å². The van der Waals surface area contributed by atoms with Crippen molar-refractivity contribution in [3.63, 3.8) is 0 Å². The van der Waals surface area contributed by atoms with Gasteiger partial charge < -0.3 is 33.5 Å². The number of esters is 4. The molecule has 204 valence electrons. The topological polar surface area (TPSA) is 139 Å². The summed E-state index contributed by atoms with van der Waals surface area (Å²) in [5.74, 6) is -3.19. The molecule has 1 fully saturated rings. The van der Waals surface area contributed by atoms with Gasteiger partial charge in [0.15, 0.2) is 24.5 Å². The Morgan fingerprint density at radius 1 is 0.892 bits per heavy atom. The zero-order chi connectivity index (χ0) is 27.9. The first-order valence-corrected chi connectivity index (χ1v) is 11.8. The molecule has 2 rings (SSSR count). The van der Waals surface area contributed by atoms with E-state index in [1.165, 1.54) is 11.8 Å². The van der Waals surface area contributed by atoms with Crippen LogP contribution in [0.1, 0.15) is 46.4 Å². The summed E-state index contributed by atoms with van der Waals surface area (Å²) in [7, 11) is 3.96. The molecule has 0 radical (unpaired) electrons. The van der Waals surface area contributed by atoms with Crippen molar-refractivity contribution >= 4 is 35.5 Å². The van der Waals surface area contributed by atoms with Crippen LogP contribution in [0.5, 0.6) is 0 Å². The fraction of sp³-hybridized carbons (Fsp3) is 0.560. The van der Waals surface area contributed by atoms with E-state index in [0.29, 0.717) is 5.56 Å². The lowest BCUT2D eigenvalue weighted by atomic mass is 10.0. The summed E-state index contributed by atoms with van der Waals surface area (Å²) in [4.78, 5) is 62.4. The van der Waals surface area contributed by atoms with Crippen LogP contribution in [0.25, 0.3) is 0 Å². The Morgan fingerprint density at radius 2 is 1.46 bits per heavy atom. The molecule has 12 nitrogen and oxygen atoms in total. The molecule has 5 atom stereocenters. The highest BCUT2D eigenvalue weighted by Crippen LogP contribution is 2.34. The third kappa shape index (κ3) is 8.53. The second-order valence-corrected chi connectivity index (χ2v) is 8.92. The predicted octanol–water partition coefficient (Wildman–Crippen LogP) is 0.0667. The van der Waals surface area contributed by atoms with Gasteiger partial charge in [-0.05, 0) is 24.3 Å². The van der Waals surface area contributed by atoms with Crippen LogP contribution in [0.4, 0.5) is 5.69 Å². The lowest BCUT2D eigenvalue weighted by Gasteiger charge is -2.34. The molecule has 0 aromatic heterocycles. The minimum atomic E-state index is -1.40. The van der Waals surface area contributed by atoms with Gasteiger partial charge >= 0.3 is 23.9 Å². The molecule has 1 aromatic carbocycles. The van der Waals surface area contributed by atoms with Crippen LogP contribution in [0.15, 0.2) is 24.3 Å². The Hall–Kier alpha value is -3.51. The summed E-state index contributed by atoms with van der Waals surface area (Å²) < 4.78 is 27.4. The van der Waals surface area contributed by atoms with Gasteiger partial charge in [0, 0.05) is 40.2 Å². The van der Waals surface area contributed by atoms with E-state index in [2.05, 4.69) is 0 Å². The van der Waals surface area contributed by atoms with Crippen LogP contribution in [0.2, 0.25) is 0 Å². The van der Waals surface area contributed by atoms with Crippen LogP contribution >= 0.6 is 0 Å². The normalized spacial score (nSPS) is 19.5. The van der Waals surface area contributed by atoms with Gasteiger partial charge in [-0.15, -0.1) is 0 Å². The van der Waals surface area contributed by atoms with E-state index in [1.807, 2.05) is 38.4 Å². The maximum Gasteiger partial charge on any atom is 0.303 e. The van der Waals surface area contributed by atoms with Crippen LogP contribution in [-0.2, 0) is 47.7 Å². The average Bonchev–Trinajstić information content (AvgIpc) is 3.24. The number of amides is 1. The molecule has 12 heteroatoms. The summed E-state index contributed by atoms with van der Waals surface area (Å²) in [6, 6.07) is 7.47. The van der Waals surface area contributed by atoms with E-state index in [9.17, 15) is 24.0 Å². The Balaban J connectivity index is 2.47. The molecule has 1 N–H and O–H groups in total. The van der Waals surface area contributed by atoms with E-state index in [-0.39, 0.29) is 12.5 Å². The second-order valence-electron chi connectivity index (χ2n) is 8.92. The standard InChI is InChI=1S/C25H34N2O10/c1-14(28)27-12-21(37-25(27)19-8-10-20(11-9-19)26(6)7)23(35-17(4)31)24(36-18(5)32)22(34-16(3)30)13-33-15(2)29/h8-11,21-25H,12-13H2,1-7H3/p+1/t21-,22+,23+,24+,25+/m0/s1. The lowest BCUT2D eigenvalue weighted by Crippen LogP contribution is -3.00. The smallest absolute Gasteiger partial charge is 0.303 e. The molecule has 1 saturated heterocycles. The summed E-state index contributed by atoms with van der Waals surface area (Å²) in [5.41, 5.74) is 1.71. The van der Waals surface area contributed by atoms with E-state index >= 15 is 0 Å². The molecule has 1 amide bonds. The largest absolute Gasteiger partial charge is 0.462 e. The van der Waals surface area contributed by atoms with Crippen LogP contribution in [-0.4, -0.2) is 86.3 Å². The van der Waals surface area contributed by atoms with Crippen molar-refractivity contribution in [3.05, 3.63) is 29.8 Å². The van der Waals surface area contributed by atoms with Crippen LogP contribution in [0, 0.1) is 0 Å². The molecule has 0 saturated carbocycles. The van der Waals surface area contributed by atoms with Crippen molar-refractivity contribution in [1.82, 2.24) is 4.90 Å². The molecule has 0 bridgehead atoms. The molecule has 1 heterocycles. The van der Waals surface area contributed by atoms with Gasteiger partial charge in [0.2, 0.25) is 5.91 Å². The number of quaternary nitrogens is 1. The van der Waals surface area contributed by atoms with E-state index in [4.69, 9.17) is 23.7 Å². The Bertz CT molecular complexity index is 994. The number of carbonyl (C=O) groups excluding carboxylic acids is 5. The molecule has 1 aliphatic rings. The minimum absolute atomic E-state index is 0.0171. The quantitative estimate of drug-likeness (QED) is 0.331. The first-order valence-electron chi connectivity index (χ1n) is 11.8. The van der Waals surface area contributed by atoms with Gasteiger partial charge in [-0.2, -0.15) is 0 Å². The molecular formula is C25H35N2O10+. The van der Waals surface area contributed by atoms with E-state index in [1.54, 1.807) is 0 Å². The summed E-state index contributed by atoms with van der Waals surface area (Å²) in [6.07, 6.45) is -5.81. The Labute approximate surface area is 215 Å². The number of carbonyl (C=O) groups is 5. The zero-order valence-corrected chi connectivity index (χ0v) is 22.1. The lowest BCUT2D eigenvalue weighted by molar-refractivity contribution is -0.786. The number of nitrogens with one attached hydrogen (secondary N) is 1. The first kappa shape index (κ1) is 29.7.